The Hall–Kier alpha value is -2.04. The summed E-state index contributed by atoms with van der Waals surface area (Å²) in [6.07, 6.45) is 3.13. The minimum atomic E-state index is -0.0797. The minimum absolute atomic E-state index is 0.0336. The summed E-state index contributed by atoms with van der Waals surface area (Å²) in [5.74, 6) is 1.40. The summed E-state index contributed by atoms with van der Waals surface area (Å²) in [4.78, 5) is 23.4. The zero-order valence-electron chi connectivity index (χ0n) is 12.8. The topological polar surface area (TPSA) is 67.4 Å². The first-order valence-corrected chi connectivity index (χ1v) is 7.90. The maximum atomic E-state index is 11.8. The molecule has 0 saturated heterocycles. The number of hydrogen-bond acceptors (Lipinski definition) is 3. The average molecular weight is 302 g/mol. The maximum absolute atomic E-state index is 11.8. The zero-order chi connectivity index (χ0) is 15.5. The summed E-state index contributed by atoms with van der Waals surface area (Å²) in [6, 6.07) is 7.84. The second-order valence-corrected chi connectivity index (χ2v) is 6.32. The normalized spacial score (nSPS) is 22.8. The van der Waals surface area contributed by atoms with Crippen LogP contribution in [0.1, 0.15) is 31.7 Å². The SMILES string of the molecule is C[C@@H]1C[C@H]1C(=O)NCc1cccc(OCC(=O)NC2CC2)c1. The van der Waals surface area contributed by atoms with E-state index in [1.54, 1.807) is 0 Å². The summed E-state index contributed by atoms with van der Waals surface area (Å²) >= 11 is 0. The van der Waals surface area contributed by atoms with Crippen molar-refractivity contribution in [3.05, 3.63) is 29.8 Å². The van der Waals surface area contributed by atoms with Crippen LogP contribution in [0.4, 0.5) is 0 Å². The van der Waals surface area contributed by atoms with E-state index in [2.05, 4.69) is 17.6 Å². The molecule has 2 aliphatic carbocycles. The van der Waals surface area contributed by atoms with Gasteiger partial charge in [-0.15, -0.1) is 0 Å². The monoisotopic (exact) mass is 302 g/mol. The number of carbonyl (C=O) groups excluding carboxylic acids is 2. The highest BCUT2D eigenvalue weighted by Gasteiger charge is 2.38. The van der Waals surface area contributed by atoms with Crippen molar-refractivity contribution in [2.24, 2.45) is 11.8 Å². The van der Waals surface area contributed by atoms with Gasteiger partial charge in [-0.3, -0.25) is 9.59 Å². The fourth-order valence-electron chi connectivity index (χ4n) is 2.40. The minimum Gasteiger partial charge on any atom is -0.484 e. The molecular weight excluding hydrogens is 280 g/mol. The van der Waals surface area contributed by atoms with Crippen LogP contribution in [0.3, 0.4) is 0 Å². The van der Waals surface area contributed by atoms with Crippen LogP contribution in [-0.4, -0.2) is 24.5 Å². The molecule has 2 amide bonds. The molecule has 1 aromatic rings. The summed E-state index contributed by atoms with van der Waals surface area (Å²) in [6.45, 7) is 2.62. The molecule has 0 radical (unpaired) electrons. The number of carbonyl (C=O) groups is 2. The van der Waals surface area contributed by atoms with Crippen LogP contribution in [0.25, 0.3) is 0 Å². The van der Waals surface area contributed by atoms with Crippen molar-refractivity contribution < 1.29 is 14.3 Å². The van der Waals surface area contributed by atoms with E-state index in [1.807, 2.05) is 24.3 Å². The van der Waals surface area contributed by atoms with Crippen molar-refractivity contribution in [2.75, 3.05) is 6.61 Å². The Kier molecular flexibility index (Phi) is 4.32. The number of benzene rings is 1. The Morgan fingerprint density at radius 2 is 2.09 bits per heavy atom. The molecule has 2 N–H and O–H groups in total. The number of ether oxygens (including phenoxy) is 1. The molecule has 0 bridgehead atoms. The summed E-state index contributed by atoms with van der Waals surface area (Å²) < 4.78 is 5.50. The molecule has 0 aliphatic heterocycles. The highest BCUT2D eigenvalue weighted by molar-refractivity contribution is 5.81. The van der Waals surface area contributed by atoms with E-state index in [0.717, 1.165) is 24.8 Å². The fourth-order valence-corrected chi connectivity index (χ4v) is 2.40. The smallest absolute Gasteiger partial charge is 0.258 e. The lowest BCUT2D eigenvalue weighted by molar-refractivity contribution is -0.123. The molecule has 2 saturated carbocycles. The van der Waals surface area contributed by atoms with E-state index in [0.29, 0.717) is 24.3 Å². The summed E-state index contributed by atoms with van der Waals surface area (Å²) in [5, 5.41) is 5.83. The maximum Gasteiger partial charge on any atom is 0.258 e. The number of amides is 2. The molecule has 1 aromatic carbocycles. The zero-order valence-corrected chi connectivity index (χ0v) is 12.8. The van der Waals surface area contributed by atoms with Gasteiger partial charge in [-0.05, 0) is 42.9 Å². The molecule has 3 rings (SSSR count). The third-order valence-corrected chi connectivity index (χ3v) is 4.12. The summed E-state index contributed by atoms with van der Waals surface area (Å²) in [5.41, 5.74) is 0.974. The van der Waals surface area contributed by atoms with Crippen LogP contribution in [0.5, 0.6) is 5.75 Å². The van der Waals surface area contributed by atoms with Gasteiger partial charge in [0, 0.05) is 18.5 Å². The quantitative estimate of drug-likeness (QED) is 0.804. The molecule has 0 unspecified atom stereocenters. The van der Waals surface area contributed by atoms with Gasteiger partial charge in [-0.25, -0.2) is 0 Å². The van der Waals surface area contributed by atoms with E-state index in [4.69, 9.17) is 4.74 Å². The highest BCUT2D eigenvalue weighted by Crippen LogP contribution is 2.37. The fraction of sp³-hybridized carbons (Fsp3) is 0.529. The van der Waals surface area contributed by atoms with Crippen LogP contribution in [0, 0.1) is 11.8 Å². The molecule has 5 heteroatoms. The highest BCUT2D eigenvalue weighted by atomic mass is 16.5. The molecule has 5 nitrogen and oxygen atoms in total. The Balaban J connectivity index is 1.44. The van der Waals surface area contributed by atoms with Gasteiger partial charge in [0.05, 0.1) is 0 Å². The molecule has 2 fully saturated rings. The van der Waals surface area contributed by atoms with E-state index >= 15 is 0 Å². The van der Waals surface area contributed by atoms with Crippen molar-refractivity contribution in [1.82, 2.24) is 10.6 Å². The van der Waals surface area contributed by atoms with E-state index < -0.39 is 0 Å². The third kappa shape index (κ3) is 4.23. The first-order chi connectivity index (χ1) is 10.6. The number of nitrogens with one attached hydrogen (secondary N) is 2. The molecule has 0 spiro atoms. The van der Waals surface area contributed by atoms with Crippen molar-refractivity contribution in [3.63, 3.8) is 0 Å². The van der Waals surface area contributed by atoms with Gasteiger partial charge in [-0.1, -0.05) is 19.1 Å². The molecule has 2 atom stereocenters. The number of hydrogen-bond donors (Lipinski definition) is 2. The van der Waals surface area contributed by atoms with Crippen LogP contribution in [-0.2, 0) is 16.1 Å². The van der Waals surface area contributed by atoms with Crippen molar-refractivity contribution >= 4 is 11.8 Å². The third-order valence-electron chi connectivity index (χ3n) is 4.12. The Morgan fingerprint density at radius 1 is 1.32 bits per heavy atom. The van der Waals surface area contributed by atoms with Crippen LogP contribution < -0.4 is 15.4 Å². The lowest BCUT2D eigenvalue weighted by Crippen LogP contribution is -2.30. The van der Waals surface area contributed by atoms with Gasteiger partial charge in [0.25, 0.3) is 5.91 Å². The van der Waals surface area contributed by atoms with Crippen molar-refractivity contribution in [2.45, 2.75) is 38.8 Å². The van der Waals surface area contributed by atoms with E-state index in [1.165, 1.54) is 0 Å². The van der Waals surface area contributed by atoms with Gasteiger partial charge >= 0.3 is 0 Å². The lowest BCUT2D eigenvalue weighted by atomic mass is 10.2. The molecule has 0 aromatic heterocycles. The standard InChI is InChI=1S/C17H22N2O3/c1-11-7-15(11)17(21)18-9-12-3-2-4-14(8-12)22-10-16(20)19-13-5-6-13/h2-4,8,11,13,15H,5-7,9-10H2,1H3,(H,18,21)(H,19,20)/t11-,15-/m1/s1. The van der Waals surface area contributed by atoms with Crippen molar-refractivity contribution in [1.29, 1.82) is 0 Å². The van der Waals surface area contributed by atoms with Gasteiger partial charge < -0.3 is 15.4 Å². The van der Waals surface area contributed by atoms with Crippen LogP contribution in [0.2, 0.25) is 0 Å². The van der Waals surface area contributed by atoms with Crippen LogP contribution in [0.15, 0.2) is 24.3 Å². The predicted molar refractivity (Wildman–Crippen MR) is 82.2 cm³/mol. The number of rotatable bonds is 7. The second-order valence-electron chi connectivity index (χ2n) is 6.32. The van der Waals surface area contributed by atoms with Crippen LogP contribution >= 0.6 is 0 Å². The summed E-state index contributed by atoms with van der Waals surface area (Å²) in [7, 11) is 0. The Labute approximate surface area is 130 Å². The van der Waals surface area contributed by atoms with E-state index in [-0.39, 0.29) is 24.3 Å². The first-order valence-electron chi connectivity index (χ1n) is 7.90. The predicted octanol–water partition coefficient (Wildman–Crippen LogP) is 1.62. The first kappa shape index (κ1) is 14.9. The van der Waals surface area contributed by atoms with Crippen molar-refractivity contribution in [3.8, 4) is 5.75 Å². The molecule has 118 valence electrons. The van der Waals surface area contributed by atoms with Gasteiger partial charge in [0.1, 0.15) is 5.75 Å². The molecule has 22 heavy (non-hydrogen) atoms. The second kappa shape index (κ2) is 6.38. The lowest BCUT2D eigenvalue weighted by Gasteiger charge is -2.09. The Bertz CT molecular complexity index is 569. The van der Waals surface area contributed by atoms with Gasteiger partial charge in [0.2, 0.25) is 5.91 Å². The van der Waals surface area contributed by atoms with Gasteiger partial charge in [0.15, 0.2) is 6.61 Å². The molecular formula is C17H22N2O3. The molecule has 0 heterocycles. The van der Waals surface area contributed by atoms with E-state index in [9.17, 15) is 9.59 Å². The van der Waals surface area contributed by atoms with Gasteiger partial charge in [-0.2, -0.15) is 0 Å². The average Bonchev–Trinajstić information content (AvgIpc) is 3.42. The largest absolute Gasteiger partial charge is 0.484 e. The molecule has 2 aliphatic rings. The Morgan fingerprint density at radius 3 is 2.77 bits per heavy atom.